The third-order valence-electron chi connectivity index (χ3n) is 2.89. The second kappa shape index (κ2) is 5.20. The van der Waals surface area contributed by atoms with Crippen molar-refractivity contribution in [1.82, 2.24) is 15.3 Å². The number of aliphatic hydroxyl groups is 4. The monoisotopic (exact) mass is 283 g/mol. The average Bonchev–Trinajstić information content (AvgIpc) is 3.02. The van der Waals surface area contributed by atoms with E-state index in [0.29, 0.717) is 0 Å². The summed E-state index contributed by atoms with van der Waals surface area (Å²) in [6.07, 6.45) is 0.837. The lowest BCUT2D eigenvalue weighted by Gasteiger charge is -2.26. The van der Waals surface area contributed by atoms with Crippen LogP contribution in [0.2, 0.25) is 0 Å². The van der Waals surface area contributed by atoms with Gasteiger partial charge in [-0.15, -0.1) is 6.42 Å². The number of hydrogen-bond donors (Lipinski definition) is 6. The fourth-order valence-corrected chi connectivity index (χ4v) is 1.82. The molecule has 0 radical (unpaired) electrons. The molecule has 1 fully saturated rings. The van der Waals surface area contributed by atoms with Crippen LogP contribution in [-0.4, -0.2) is 66.6 Å². The molecular formula is C11H13N3O6. The Bertz CT molecular complexity index is 527. The standard InChI is InChI=1S/C11H13N3O6/c1-2-6(15)8-7(16)9(17)11(19,20-8)14-10(18)5-3-12-4-13-5/h1,3-4,6-9,15-17,19H,(H,12,13)(H,14,18)/t6?,7-,8-,9-,11-/m1/s1. The molecule has 1 aliphatic rings. The van der Waals surface area contributed by atoms with Crippen molar-refractivity contribution in [2.24, 2.45) is 0 Å². The van der Waals surface area contributed by atoms with Crippen LogP contribution in [0.4, 0.5) is 0 Å². The Hall–Kier alpha value is -1.96. The van der Waals surface area contributed by atoms with Crippen molar-refractivity contribution in [3.05, 3.63) is 18.2 Å². The molecule has 1 saturated heterocycles. The molecule has 1 aromatic rings. The van der Waals surface area contributed by atoms with Crippen LogP contribution in [0, 0.1) is 12.3 Å². The molecule has 6 N–H and O–H groups in total. The lowest BCUT2D eigenvalue weighted by molar-refractivity contribution is -0.245. The first-order valence-electron chi connectivity index (χ1n) is 5.60. The summed E-state index contributed by atoms with van der Waals surface area (Å²) in [5.41, 5.74) is 0.00432. The molecule has 20 heavy (non-hydrogen) atoms. The van der Waals surface area contributed by atoms with Crippen LogP contribution in [-0.2, 0) is 4.74 Å². The van der Waals surface area contributed by atoms with E-state index >= 15 is 0 Å². The number of aliphatic hydroxyl groups excluding tert-OH is 3. The molecule has 1 unspecified atom stereocenters. The Labute approximate surface area is 113 Å². The van der Waals surface area contributed by atoms with Crippen LogP contribution in [0.15, 0.2) is 12.5 Å². The summed E-state index contributed by atoms with van der Waals surface area (Å²) >= 11 is 0. The smallest absolute Gasteiger partial charge is 0.279 e. The largest absolute Gasteiger partial charge is 0.387 e. The van der Waals surface area contributed by atoms with Gasteiger partial charge in [-0.2, -0.15) is 0 Å². The molecule has 9 heteroatoms. The summed E-state index contributed by atoms with van der Waals surface area (Å²) in [7, 11) is 0. The maximum atomic E-state index is 11.7. The number of hydrogen-bond acceptors (Lipinski definition) is 7. The van der Waals surface area contributed by atoms with Gasteiger partial charge in [-0.25, -0.2) is 4.98 Å². The highest BCUT2D eigenvalue weighted by Gasteiger charge is 2.56. The number of nitrogens with one attached hydrogen (secondary N) is 2. The second-order valence-corrected chi connectivity index (χ2v) is 4.25. The Kier molecular flexibility index (Phi) is 3.76. The van der Waals surface area contributed by atoms with Gasteiger partial charge in [0.25, 0.3) is 11.8 Å². The van der Waals surface area contributed by atoms with Gasteiger partial charge in [-0.05, 0) is 0 Å². The molecule has 0 bridgehead atoms. The zero-order valence-corrected chi connectivity index (χ0v) is 10.1. The maximum absolute atomic E-state index is 11.7. The van der Waals surface area contributed by atoms with Crippen LogP contribution < -0.4 is 5.32 Å². The average molecular weight is 283 g/mol. The third kappa shape index (κ3) is 2.38. The molecule has 0 aromatic carbocycles. The topological polar surface area (TPSA) is 148 Å². The van der Waals surface area contributed by atoms with E-state index in [-0.39, 0.29) is 5.69 Å². The van der Waals surface area contributed by atoms with E-state index in [1.807, 2.05) is 11.2 Å². The minimum atomic E-state index is -2.58. The number of carbonyl (C=O) groups is 1. The number of nitrogens with zero attached hydrogens (tertiary/aromatic N) is 1. The van der Waals surface area contributed by atoms with Gasteiger partial charge >= 0.3 is 0 Å². The van der Waals surface area contributed by atoms with Gasteiger partial charge in [0.1, 0.15) is 24.0 Å². The number of carbonyl (C=O) groups excluding carboxylic acids is 1. The predicted octanol–water partition coefficient (Wildman–Crippen LogP) is -3.10. The molecule has 0 spiro atoms. The van der Waals surface area contributed by atoms with Crippen LogP contribution in [0.1, 0.15) is 10.5 Å². The van der Waals surface area contributed by atoms with Crippen molar-refractivity contribution in [2.45, 2.75) is 30.3 Å². The molecule has 1 aliphatic heterocycles. The first kappa shape index (κ1) is 14.4. The second-order valence-electron chi connectivity index (χ2n) is 4.25. The molecular weight excluding hydrogens is 270 g/mol. The van der Waals surface area contributed by atoms with Crippen molar-refractivity contribution >= 4 is 5.91 Å². The fraction of sp³-hybridized carbons (Fsp3) is 0.455. The van der Waals surface area contributed by atoms with Gasteiger partial charge in [0.05, 0.1) is 12.5 Å². The highest BCUT2D eigenvalue weighted by molar-refractivity contribution is 5.92. The van der Waals surface area contributed by atoms with Crippen molar-refractivity contribution in [3.8, 4) is 12.3 Å². The van der Waals surface area contributed by atoms with Gasteiger partial charge in [0.15, 0.2) is 6.10 Å². The van der Waals surface area contributed by atoms with E-state index in [1.165, 1.54) is 12.5 Å². The molecule has 108 valence electrons. The number of imidazole rings is 1. The third-order valence-corrected chi connectivity index (χ3v) is 2.89. The minimum absolute atomic E-state index is 0.00432. The summed E-state index contributed by atoms with van der Waals surface area (Å²) in [4.78, 5) is 17.8. The summed E-state index contributed by atoms with van der Waals surface area (Å²) in [6.45, 7) is 0. The van der Waals surface area contributed by atoms with Crippen molar-refractivity contribution in [1.29, 1.82) is 0 Å². The van der Waals surface area contributed by atoms with E-state index in [2.05, 4.69) is 9.97 Å². The molecule has 0 aliphatic carbocycles. The van der Waals surface area contributed by atoms with Crippen LogP contribution in [0.3, 0.4) is 0 Å². The number of terminal acetylenes is 1. The Morgan fingerprint density at radius 1 is 1.65 bits per heavy atom. The maximum Gasteiger partial charge on any atom is 0.279 e. The summed E-state index contributed by atoms with van der Waals surface area (Å²) < 4.78 is 4.89. The van der Waals surface area contributed by atoms with Crippen molar-refractivity contribution in [3.63, 3.8) is 0 Å². The quantitative estimate of drug-likeness (QED) is 0.254. The number of rotatable bonds is 3. The predicted molar refractivity (Wildman–Crippen MR) is 62.7 cm³/mol. The summed E-state index contributed by atoms with van der Waals surface area (Å²) in [5.74, 6) is -1.51. The number of amides is 1. The van der Waals surface area contributed by atoms with Crippen LogP contribution in [0.25, 0.3) is 0 Å². The summed E-state index contributed by atoms with van der Waals surface area (Å²) in [6, 6.07) is 0. The molecule has 1 amide bonds. The number of ether oxygens (including phenoxy) is 1. The highest BCUT2D eigenvalue weighted by Crippen LogP contribution is 2.29. The molecule has 2 rings (SSSR count). The minimum Gasteiger partial charge on any atom is -0.387 e. The van der Waals surface area contributed by atoms with Crippen molar-refractivity contribution in [2.75, 3.05) is 0 Å². The van der Waals surface area contributed by atoms with Gasteiger partial charge in [-0.1, -0.05) is 5.92 Å². The van der Waals surface area contributed by atoms with E-state index in [4.69, 9.17) is 11.2 Å². The first-order chi connectivity index (χ1) is 9.39. The number of aromatic nitrogens is 2. The number of aromatic amines is 1. The Balaban J connectivity index is 2.15. The van der Waals surface area contributed by atoms with Crippen LogP contribution in [0.5, 0.6) is 0 Å². The highest BCUT2D eigenvalue weighted by atomic mass is 16.7. The van der Waals surface area contributed by atoms with Gasteiger partial charge < -0.3 is 30.1 Å². The van der Waals surface area contributed by atoms with E-state index in [0.717, 1.165) is 0 Å². The van der Waals surface area contributed by atoms with Gasteiger partial charge in [-0.3, -0.25) is 10.1 Å². The fourth-order valence-electron chi connectivity index (χ4n) is 1.82. The molecule has 2 heterocycles. The summed E-state index contributed by atoms with van der Waals surface area (Å²) in [5, 5.41) is 40.8. The lowest BCUT2D eigenvalue weighted by atomic mass is 10.1. The van der Waals surface area contributed by atoms with E-state index < -0.39 is 36.2 Å². The zero-order chi connectivity index (χ0) is 14.9. The lowest BCUT2D eigenvalue weighted by Crippen LogP contribution is -2.56. The molecule has 0 saturated carbocycles. The van der Waals surface area contributed by atoms with Gasteiger partial charge in [0, 0.05) is 0 Å². The Morgan fingerprint density at radius 2 is 2.35 bits per heavy atom. The SMILES string of the molecule is C#CC(O)[C@H]1O[C@@](O)(NC(=O)c2cnc[nH]2)[C@H](O)[C@@H]1O. The molecule has 5 atom stereocenters. The molecule has 1 aromatic heterocycles. The normalized spacial score (nSPS) is 34.5. The first-order valence-corrected chi connectivity index (χ1v) is 5.60. The zero-order valence-electron chi connectivity index (χ0n) is 10.1. The van der Waals surface area contributed by atoms with E-state index in [1.54, 1.807) is 0 Å². The van der Waals surface area contributed by atoms with Crippen molar-refractivity contribution < 1.29 is 30.0 Å². The number of H-pyrrole nitrogens is 1. The molecule has 9 nitrogen and oxygen atoms in total. The Morgan fingerprint density at radius 3 is 2.90 bits per heavy atom. The van der Waals surface area contributed by atoms with Gasteiger partial charge in [0.2, 0.25) is 0 Å². The van der Waals surface area contributed by atoms with Crippen LogP contribution >= 0.6 is 0 Å². The van der Waals surface area contributed by atoms with E-state index in [9.17, 15) is 25.2 Å².